The fourth-order valence-electron chi connectivity index (χ4n) is 2.29. The number of hydrogen-bond donors (Lipinski definition) is 2. The van der Waals surface area contributed by atoms with Crippen molar-refractivity contribution in [2.45, 2.75) is 25.5 Å². The lowest BCUT2D eigenvalue weighted by atomic mass is 9.87. The molecule has 1 fully saturated rings. The zero-order valence-electron chi connectivity index (χ0n) is 12.4. The molecule has 0 aliphatic heterocycles. The summed E-state index contributed by atoms with van der Waals surface area (Å²) in [7, 11) is 3.25. The van der Waals surface area contributed by atoms with Crippen molar-refractivity contribution in [3.63, 3.8) is 0 Å². The molecule has 2 atom stereocenters. The minimum atomic E-state index is -0.484. The number of amides is 1. The van der Waals surface area contributed by atoms with E-state index < -0.39 is 6.10 Å². The van der Waals surface area contributed by atoms with Crippen LogP contribution in [0, 0.1) is 0 Å². The van der Waals surface area contributed by atoms with Crippen molar-refractivity contribution >= 4 is 17.4 Å². The SMILES string of the molecule is CCOC1C(=O)CC1Nc1cccc(C(=O)N(C)C)c1O. The van der Waals surface area contributed by atoms with Gasteiger partial charge in [0.05, 0.1) is 17.3 Å². The monoisotopic (exact) mass is 292 g/mol. The van der Waals surface area contributed by atoms with Crippen LogP contribution in [0.2, 0.25) is 0 Å². The second-order valence-electron chi connectivity index (χ2n) is 5.20. The highest BCUT2D eigenvalue weighted by atomic mass is 16.5. The van der Waals surface area contributed by atoms with Crippen LogP contribution in [0.4, 0.5) is 5.69 Å². The molecule has 1 aliphatic rings. The van der Waals surface area contributed by atoms with Crippen LogP contribution in [0.25, 0.3) is 0 Å². The van der Waals surface area contributed by atoms with E-state index in [9.17, 15) is 14.7 Å². The van der Waals surface area contributed by atoms with E-state index in [4.69, 9.17) is 4.74 Å². The average Bonchev–Trinajstić information content (AvgIpc) is 2.45. The van der Waals surface area contributed by atoms with Gasteiger partial charge in [-0.05, 0) is 19.1 Å². The summed E-state index contributed by atoms with van der Waals surface area (Å²) in [5, 5.41) is 13.3. The third-order valence-corrected chi connectivity index (χ3v) is 3.46. The highest BCUT2D eigenvalue weighted by molar-refractivity contribution is 5.98. The summed E-state index contributed by atoms with van der Waals surface area (Å²) < 4.78 is 5.36. The van der Waals surface area contributed by atoms with E-state index in [0.29, 0.717) is 18.7 Å². The Bertz CT molecular complexity index is 557. The lowest BCUT2D eigenvalue weighted by Crippen LogP contribution is -2.53. The maximum absolute atomic E-state index is 12.0. The molecule has 1 aromatic rings. The molecule has 114 valence electrons. The van der Waals surface area contributed by atoms with Gasteiger partial charge in [-0.1, -0.05) is 6.07 Å². The molecule has 2 N–H and O–H groups in total. The average molecular weight is 292 g/mol. The minimum absolute atomic E-state index is 0.0503. The molecule has 1 aliphatic carbocycles. The van der Waals surface area contributed by atoms with E-state index in [2.05, 4.69) is 5.32 Å². The van der Waals surface area contributed by atoms with Crippen LogP contribution >= 0.6 is 0 Å². The molecule has 2 unspecified atom stereocenters. The molecule has 1 amide bonds. The molecule has 0 aromatic heterocycles. The first-order valence-corrected chi connectivity index (χ1v) is 6.90. The van der Waals surface area contributed by atoms with Gasteiger partial charge >= 0.3 is 0 Å². The quantitative estimate of drug-likeness (QED) is 0.799. The number of phenolic OH excluding ortho intramolecular Hbond substituents is 1. The highest BCUT2D eigenvalue weighted by Gasteiger charge is 2.40. The van der Waals surface area contributed by atoms with Crippen LogP contribution < -0.4 is 5.32 Å². The number of ether oxygens (including phenoxy) is 1. The summed E-state index contributed by atoms with van der Waals surface area (Å²) in [4.78, 5) is 24.8. The minimum Gasteiger partial charge on any atom is -0.505 e. The van der Waals surface area contributed by atoms with Gasteiger partial charge in [0, 0.05) is 27.1 Å². The number of hydrogen-bond acceptors (Lipinski definition) is 5. The molecule has 6 heteroatoms. The molecule has 0 spiro atoms. The van der Waals surface area contributed by atoms with Crippen molar-refractivity contribution in [3.05, 3.63) is 23.8 Å². The predicted molar refractivity (Wildman–Crippen MR) is 78.6 cm³/mol. The number of nitrogens with zero attached hydrogens (tertiary/aromatic N) is 1. The molecule has 0 saturated heterocycles. The van der Waals surface area contributed by atoms with Crippen LogP contribution in [0.1, 0.15) is 23.7 Å². The third-order valence-electron chi connectivity index (χ3n) is 3.46. The van der Waals surface area contributed by atoms with Gasteiger partial charge in [-0.3, -0.25) is 9.59 Å². The fraction of sp³-hybridized carbons (Fsp3) is 0.467. The first kappa shape index (κ1) is 15.3. The lowest BCUT2D eigenvalue weighted by Gasteiger charge is -2.35. The van der Waals surface area contributed by atoms with Gasteiger partial charge in [-0.25, -0.2) is 0 Å². The first-order chi connectivity index (χ1) is 9.95. The number of phenols is 1. The Balaban J connectivity index is 2.16. The van der Waals surface area contributed by atoms with Gasteiger partial charge in [-0.2, -0.15) is 0 Å². The Kier molecular flexibility index (Phi) is 4.47. The second-order valence-corrected chi connectivity index (χ2v) is 5.20. The van der Waals surface area contributed by atoms with Crippen molar-refractivity contribution in [2.24, 2.45) is 0 Å². The van der Waals surface area contributed by atoms with Crippen molar-refractivity contribution < 1.29 is 19.4 Å². The Morgan fingerprint density at radius 2 is 2.19 bits per heavy atom. The van der Waals surface area contributed by atoms with E-state index in [1.807, 2.05) is 6.92 Å². The van der Waals surface area contributed by atoms with Gasteiger partial charge in [0.25, 0.3) is 5.91 Å². The summed E-state index contributed by atoms with van der Waals surface area (Å²) in [6.45, 7) is 2.29. The normalized spacial score (nSPS) is 20.8. The summed E-state index contributed by atoms with van der Waals surface area (Å²) in [5.74, 6) is -0.331. The molecular formula is C15H20N2O4. The number of anilines is 1. The second kappa shape index (κ2) is 6.13. The van der Waals surface area contributed by atoms with Crippen LogP contribution in [0.3, 0.4) is 0 Å². The van der Waals surface area contributed by atoms with E-state index >= 15 is 0 Å². The number of ketones is 1. The lowest BCUT2D eigenvalue weighted by molar-refractivity contribution is -0.141. The summed E-state index contributed by atoms with van der Waals surface area (Å²) in [6.07, 6.45) is -0.127. The first-order valence-electron chi connectivity index (χ1n) is 6.90. The van der Waals surface area contributed by atoms with Gasteiger partial charge in [0.15, 0.2) is 11.5 Å². The van der Waals surface area contributed by atoms with Crippen molar-refractivity contribution in [1.82, 2.24) is 4.90 Å². The number of carbonyl (C=O) groups excluding carboxylic acids is 2. The van der Waals surface area contributed by atoms with Crippen LogP contribution in [0.15, 0.2) is 18.2 Å². The molecule has 21 heavy (non-hydrogen) atoms. The molecule has 0 bridgehead atoms. The van der Waals surface area contributed by atoms with Gasteiger partial charge < -0.3 is 20.1 Å². The summed E-state index contributed by atoms with van der Waals surface area (Å²) in [6, 6.07) is 4.75. The molecule has 1 saturated carbocycles. The molecule has 0 heterocycles. The smallest absolute Gasteiger partial charge is 0.257 e. The number of Topliss-reactive ketones (excluding diaryl/α,β-unsaturated/α-hetero) is 1. The van der Waals surface area contributed by atoms with Gasteiger partial charge in [-0.15, -0.1) is 0 Å². The van der Waals surface area contributed by atoms with Crippen LogP contribution in [-0.4, -0.2) is 54.5 Å². The maximum atomic E-state index is 12.0. The number of rotatable bonds is 5. The third kappa shape index (κ3) is 3.00. The largest absolute Gasteiger partial charge is 0.505 e. The zero-order valence-corrected chi connectivity index (χ0v) is 12.4. The standard InChI is InChI=1S/C15H20N2O4/c1-4-21-14-11(8-12(14)18)16-10-7-5-6-9(13(10)19)15(20)17(2)3/h5-7,11,14,16,19H,4,8H2,1-3H3. The topological polar surface area (TPSA) is 78.9 Å². The number of para-hydroxylation sites is 1. The zero-order chi connectivity index (χ0) is 15.6. The highest BCUT2D eigenvalue weighted by Crippen LogP contribution is 2.32. The van der Waals surface area contributed by atoms with Crippen LogP contribution in [-0.2, 0) is 9.53 Å². The molecule has 6 nitrogen and oxygen atoms in total. The predicted octanol–water partition coefficient (Wildman–Crippen LogP) is 1.25. The Morgan fingerprint density at radius 1 is 1.48 bits per heavy atom. The molecule has 1 aromatic carbocycles. The molecule has 2 rings (SSSR count). The van der Waals surface area contributed by atoms with Crippen molar-refractivity contribution in [2.75, 3.05) is 26.0 Å². The number of nitrogens with one attached hydrogen (secondary N) is 1. The number of carbonyl (C=O) groups is 2. The van der Waals surface area contributed by atoms with Gasteiger partial charge in [0.2, 0.25) is 0 Å². The number of aromatic hydroxyl groups is 1. The van der Waals surface area contributed by atoms with E-state index in [0.717, 1.165) is 0 Å². The van der Waals surface area contributed by atoms with Crippen molar-refractivity contribution in [3.8, 4) is 5.75 Å². The Labute approximate surface area is 123 Å². The van der Waals surface area contributed by atoms with E-state index in [1.165, 1.54) is 4.90 Å². The Morgan fingerprint density at radius 3 is 2.76 bits per heavy atom. The van der Waals surface area contributed by atoms with Crippen LogP contribution in [0.5, 0.6) is 5.75 Å². The Hall–Kier alpha value is -2.08. The van der Waals surface area contributed by atoms with Gasteiger partial charge in [0.1, 0.15) is 6.10 Å². The fourth-order valence-corrected chi connectivity index (χ4v) is 2.29. The van der Waals surface area contributed by atoms with Crippen molar-refractivity contribution in [1.29, 1.82) is 0 Å². The molecular weight excluding hydrogens is 272 g/mol. The maximum Gasteiger partial charge on any atom is 0.257 e. The van der Waals surface area contributed by atoms with E-state index in [1.54, 1.807) is 32.3 Å². The number of benzene rings is 1. The summed E-state index contributed by atoms with van der Waals surface area (Å²) >= 11 is 0. The molecule has 0 radical (unpaired) electrons. The summed E-state index contributed by atoms with van der Waals surface area (Å²) in [5.41, 5.74) is 0.661. The van der Waals surface area contributed by atoms with E-state index in [-0.39, 0.29) is 29.0 Å².